The molecular weight excluding hydrogens is 226 g/mol. The highest BCUT2D eigenvalue weighted by molar-refractivity contribution is 5.80. The Balaban J connectivity index is 3.52. The van der Waals surface area contributed by atoms with E-state index in [1.54, 1.807) is 0 Å². The quantitative estimate of drug-likeness (QED) is 0.593. The van der Waals surface area contributed by atoms with E-state index >= 15 is 0 Å². The Hall–Kier alpha value is -0.860. The Morgan fingerprint density at radius 3 is 1.94 bits per heavy atom. The van der Waals surface area contributed by atoms with E-state index < -0.39 is 0 Å². The van der Waals surface area contributed by atoms with Gasteiger partial charge in [0.25, 0.3) is 0 Å². The molecule has 0 bridgehead atoms. The molecule has 0 N–H and O–H groups in total. The van der Waals surface area contributed by atoms with Crippen LogP contribution in [-0.4, -0.2) is 30.2 Å². The molecule has 0 aliphatic carbocycles. The second kappa shape index (κ2) is 9.12. The summed E-state index contributed by atoms with van der Waals surface area (Å²) in [5.41, 5.74) is 0. The van der Waals surface area contributed by atoms with Gasteiger partial charge in [-0.05, 0) is 12.8 Å². The summed E-state index contributed by atoms with van der Waals surface area (Å²) in [5.74, 6) is 0.825. The number of hydrogen-bond acceptors (Lipinski definition) is 2. The predicted octanol–water partition coefficient (Wildman–Crippen LogP) is 3.28. The fourth-order valence-electron chi connectivity index (χ4n) is 1.84. The van der Waals surface area contributed by atoms with E-state index in [9.17, 15) is 9.59 Å². The molecule has 0 radical (unpaired) electrons. The maximum Gasteiger partial charge on any atom is 0.224 e. The van der Waals surface area contributed by atoms with Crippen molar-refractivity contribution in [3.05, 3.63) is 0 Å². The Bertz CT molecular complexity index is 259. The van der Waals surface area contributed by atoms with E-state index in [1.165, 1.54) is 0 Å². The van der Waals surface area contributed by atoms with Gasteiger partial charge in [0.1, 0.15) is 5.78 Å². The lowest BCUT2D eigenvalue weighted by molar-refractivity contribution is -0.133. The van der Waals surface area contributed by atoms with E-state index in [1.807, 2.05) is 39.6 Å². The first-order valence-electron chi connectivity index (χ1n) is 7.14. The van der Waals surface area contributed by atoms with Crippen LogP contribution in [0, 0.1) is 11.8 Å². The Kier molecular flexibility index (Phi) is 8.69. The molecule has 0 heterocycles. The second-order valence-corrected chi connectivity index (χ2v) is 5.70. The molecule has 0 aromatic heterocycles. The van der Waals surface area contributed by atoms with Crippen LogP contribution in [0.3, 0.4) is 0 Å². The number of nitrogens with zero attached hydrogens (tertiary/aromatic N) is 1. The van der Waals surface area contributed by atoms with Gasteiger partial charge in [0, 0.05) is 31.8 Å². The van der Waals surface area contributed by atoms with Crippen molar-refractivity contribution < 1.29 is 9.59 Å². The van der Waals surface area contributed by atoms with Crippen molar-refractivity contribution in [3.8, 4) is 0 Å². The van der Waals surface area contributed by atoms with Gasteiger partial charge in [-0.2, -0.15) is 0 Å². The first-order chi connectivity index (χ1) is 8.36. The number of rotatable bonds is 9. The molecule has 0 unspecified atom stereocenters. The molecule has 3 nitrogen and oxygen atoms in total. The summed E-state index contributed by atoms with van der Waals surface area (Å²) in [4.78, 5) is 24.8. The number of carbonyl (C=O) groups excluding carboxylic acids is 2. The number of amides is 1. The van der Waals surface area contributed by atoms with Crippen LogP contribution in [-0.2, 0) is 9.59 Å². The van der Waals surface area contributed by atoms with Crippen molar-refractivity contribution in [1.29, 1.82) is 0 Å². The van der Waals surface area contributed by atoms with Crippen LogP contribution in [0.1, 0.15) is 59.8 Å². The van der Waals surface area contributed by atoms with Crippen molar-refractivity contribution in [2.24, 2.45) is 11.8 Å². The topological polar surface area (TPSA) is 37.4 Å². The number of ketones is 1. The van der Waals surface area contributed by atoms with Gasteiger partial charge in [0.15, 0.2) is 0 Å². The van der Waals surface area contributed by atoms with Gasteiger partial charge in [0.05, 0.1) is 0 Å². The minimum absolute atomic E-state index is 0.0821. The van der Waals surface area contributed by atoms with Crippen LogP contribution in [0.25, 0.3) is 0 Å². The molecule has 0 aliphatic rings. The lowest BCUT2D eigenvalue weighted by Crippen LogP contribution is -2.31. The van der Waals surface area contributed by atoms with E-state index in [0.717, 1.165) is 32.2 Å². The van der Waals surface area contributed by atoms with E-state index in [0.29, 0.717) is 12.2 Å². The van der Waals surface area contributed by atoms with Crippen LogP contribution in [0.15, 0.2) is 0 Å². The summed E-state index contributed by atoms with van der Waals surface area (Å²) >= 11 is 0. The number of carbonyl (C=O) groups is 2. The number of Topliss-reactive ketones (excluding diaryl/α,β-unsaturated/α-hetero) is 1. The molecule has 0 spiro atoms. The lowest BCUT2D eigenvalue weighted by atomic mass is 10.0. The second-order valence-electron chi connectivity index (χ2n) is 5.70. The molecule has 18 heavy (non-hydrogen) atoms. The molecule has 1 amide bonds. The van der Waals surface area contributed by atoms with Crippen molar-refractivity contribution in [2.75, 3.05) is 13.6 Å². The molecule has 0 rings (SSSR count). The van der Waals surface area contributed by atoms with Gasteiger partial charge in [-0.25, -0.2) is 0 Å². The molecule has 0 saturated heterocycles. The van der Waals surface area contributed by atoms with Gasteiger partial charge < -0.3 is 4.90 Å². The third kappa shape index (κ3) is 7.46. The summed E-state index contributed by atoms with van der Waals surface area (Å²) < 4.78 is 0. The highest BCUT2D eigenvalue weighted by Gasteiger charge is 2.12. The first kappa shape index (κ1) is 17.1. The molecule has 0 aromatic rings. The van der Waals surface area contributed by atoms with Gasteiger partial charge in [-0.15, -0.1) is 0 Å². The smallest absolute Gasteiger partial charge is 0.224 e. The molecule has 3 heteroatoms. The van der Waals surface area contributed by atoms with Crippen LogP contribution >= 0.6 is 0 Å². The van der Waals surface area contributed by atoms with Crippen LogP contribution < -0.4 is 0 Å². The zero-order chi connectivity index (χ0) is 14.1. The summed E-state index contributed by atoms with van der Waals surface area (Å²) in [6.45, 7) is 8.59. The highest BCUT2D eigenvalue weighted by Crippen LogP contribution is 2.08. The maximum absolute atomic E-state index is 11.6. The lowest BCUT2D eigenvalue weighted by Gasteiger charge is -2.19. The average Bonchev–Trinajstić information content (AvgIpc) is 2.31. The SMILES string of the molecule is CC(C)C(=O)CCCCCCN(C)C(=O)C(C)C. The fourth-order valence-corrected chi connectivity index (χ4v) is 1.84. The monoisotopic (exact) mass is 255 g/mol. The summed E-state index contributed by atoms with van der Waals surface area (Å²) in [6, 6.07) is 0. The van der Waals surface area contributed by atoms with Crippen molar-refractivity contribution in [2.45, 2.75) is 59.8 Å². The summed E-state index contributed by atoms with van der Waals surface area (Å²) in [5, 5.41) is 0. The largest absolute Gasteiger partial charge is 0.346 e. The fraction of sp³-hybridized carbons (Fsp3) is 0.867. The zero-order valence-electron chi connectivity index (χ0n) is 12.7. The van der Waals surface area contributed by atoms with Crippen molar-refractivity contribution >= 4 is 11.7 Å². The molecule has 0 saturated carbocycles. The molecule has 0 aromatic carbocycles. The normalized spacial score (nSPS) is 11.1. The number of unbranched alkanes of at least 4 members (excludes halogenated alkanes) is 3. The van der Waals surface area contributed by atoms with Crippen LogP contribution in [0.4, 0.5) is 0 Å². The standard InChI is InChI=1S/C15H29NO2/c1-12(2)14(17)10-8-6-7-9-11-16(5)15(18)13(3)4/h12-13H,6-11H2,1-5H3. The molecule has 0 atom stereocenters. The van der Waals surface area contributed by atoms with E-state index in [-0.39, 0.29) is 17.7 Å². The van der Waals surface area contributed by atoms with E-state index in [2.05, 4.69) is 0 Å². The van der Waals surface area contributed by atoms with Gasteiger partial charge in [-0.3, -0.25) is 9.59 Å². The minimum Gasteiger partial charge on any atom is -0.346 e. The molecule has 0 fully saturated rings. The Morgan fingerprint density at radius 2 is 1.44 bits per heavy atom. The maximum atomic E-state index is 11.6. The van der Waals surface area contributed by atoms with Crippen LogP contribution in [0.2, 0.25) is 0 Å². The molecular formula is C15H29NO2. The van der Waals surface area contributed by atoms with Gasteiger partial charge in [0.2, 0.25) is 5.91 Å². The van der Waals surface area contributed by atoms with Crippen molar-refractivity contribution in [1.82, 2.24) is 4.90 Å². The third-order valence-electron chi connectivity index (χ3n) is 3.18. The molecule has 106 valence electrons. The van der Waals surface area contributed by atoms with Crippen LogP contribution in [0.5, 0.6) is 0 Å². The average molecular weight is 255 g/mol. The number of hydrogen-bond donors (Lipinski definition) is 0. The third-order valence-corrected chi connectivity index (χ3v) is 3.18. The first-order valence-corrected chi connectivity index (χ1v) is 7.14. The summed E-state index contributed by atoms with van der Waals surface area (Å²) in [7, 11) is 1.87. The highest BCUT2D eigenvalue weighted by atomic mass is 16.2. The van der Waals surface area contributed by atoms with Crippen molar-refractivity contribution in [3.63, 3.8) is 0 Å². The van der Waals surface area contributed by atoms with Gasteiger partial charge in [-0.1, -0.05) is 40.5 Å². The Labute approximate surface area is 112 Å². The zero-order valence-corrected chi connectivity index (χ0v) is 12.7. The van der Waals surface area contributed by atoms with E-state index in [4.69, 9.17) is 0 Å². The Morgan fingerprint density at radius 1 is 0.889 bits per heavy atom. The predicted molar refractivity (Wildman–Crippen MR) is 75.4 cm³/mol. The summed E-state index contributed by atoms with van der Waals surface area (Å²) in [6.07, 6.45) is 4.91. The minimum atomic E-state index is 0.0821. The molecule has 0 aliphatic heterocycles. The van der Waals surface area contributed by atoms with Gasteiger partial charge >= 0.3 is 0 Å².